The highest BCUT2D eigenvalue weighted by Gasteiger charge is 2.16. The molecule has 0 saturated heterocycles. The van der Waals surface area contributed by atoms with E-state index in [-0.39, 0.29) is 5.91 Å². The van der Waals surface area contributed by atoms with E-state index in [0.717, 1.165) is 0 Å². The minimum atomic E-state index is -0.272. The van der Waals surface area contributed by atoms with Gasteiger partial charge < -0.3 is 5.32 Å². The fourth-order valence-electron chi connectivity index (χ4n) is 1.36. The van der Waals surface area contributed by atoms with Crippen LogP contribution in [0.2, 0.25) is 10.0 Å². The molecule has 0 aliphatic carbocycles. The monoisotopic (exact) mass is 364 g/mol. The van der Waals surface area contributed by atoms with Gasteiger partial charge in [-0.05, 0) is 35.0 Å². The lowest BCUT2D eigenvalue weighted by molar-refractivity contribution is 0.103. The van der Waals surface area contributed by atoms with Crippen molar-refractivity contribution in [3.8, 4) is 0 Å². The standard InChI is InChI=1S/C11H7BrCl2N2OS/c1-5-9(18-11(12)15-5)10(17)16-8-6(13)3-2-4-7(8)14/h2-4H,1H3,(H,16,17). The Kier molecular flexibility index (Phi) is 4.27. The van der Waals surface area contributed by atoms with Gasteiger partial charge in [0.15, 0.2) is 3.92 Å². The van der Waals surface area contributed by atoms with Gasteiger partial charge in [-0.25, -0.2) is 4.98 Å². The lowest BCUT2D eigenvalue weighted by atomic mass is 10.3. The number of aromatic nitrogens is 1. The molecular weight excluding hydrogens is 359 g/mol. The molecule has 0 unspecified atom stereocenters. The number of nitrogens with zero attached hydrogens (tertiary/aromatic N) is 1. The molecule has 1 N–H and O–H groups in total. The number of benzene rings is 1. The molecule has 18 heavy (non-hydrogen) atoms. The molecule has 0 spiro atoms. The summed E-state index contributed by atoms with van der Waals surface area (Å²) in [4.78, 5) is 16.7. The summed E-state index contributed by atoms with van der Waals surface area (Å²) < 4.78 is 0.662. The number of para-hydroxylation sites is 1. The van der Waals surface area contributed by atoms with E-state index in [0.29, 0.717) is 30.2 Å². The van der Waals surface area contributed by atoms with Crippen molar-refractivity contribution in [3.63, 3.8) is 0 Å². The molecule has 0 aliphatic heterocycles. The Hall–Kier alpha value is -0.620. The third-order valence-electron chi connectivity index (χ3n) is 2.18. The minimum Gasteiger partial charge on any atom is -0.319 e. The van der Waals surface area contributed by atoms with Crippen LogP contribution in [0, 0.1) is 6.92 Å². The van der Waals surface area contributed by atoms with Crippen LogP contribution in [0.1, 0.15) is 15.4 Å². The SMILES string of the molecule is Cc1nc(Br)sc1C(=O)Nc1c(Cl)cccc1Cl. The van der Waals surface area contributed by atoms with Crippen LogP contribution in [-0.4, -0.2) is 10.9 Å². The Labute approximate surface area is 126 Å². The van der Waals surface area contributed by atoms with E-state index in [1.807, 2.05) is 0 Å². The second-order valence-corrected chi connectivity index (χ2v) is 6.52. The Balaban J connectivity index is 2.30. The number of thiazole rings is 1. The Morgan fingerprint density at radius 3 is 2.50 bits per heavy atom. The Morgan fingerprint density at radius 2 is 2.00 bits per heavy atom. The lowest BCUT2D eigenvalue weighted by Crippen LogP contribution is -2.12. The van der Waals surface area contributed by atoms with Crippen molar-refractivity contribution in [2.24, 2.45) is 0 Å². The molecule has 1 amide bonds. The van der Waals surface area contributed by atoms with E-state index >= 15 is 0 Å². The van der Waals surface area contributed by atoms with E-state index in [4.69, 9.17) is 23.2 Å². The van der Waals surface area contributed by atoms with Gasteiger partial charge in [-0.3, -0.25) is 4.79 Å². The number of halogens is 3. The predicted molar refractivity (Wildman–Crippen MR) is 79.0 cm³/mol. The van der Waals surface area contributed by atoms with Gasteiger partial charge in [0.1, 0.15) is 4.88 Å². The average molecular weight is 366 g/mol. The zero-order valence-corrected chi connectivity index (χ0v) is 13.0. The molecule has 0 fully saturated rings. The van der Waals surface area contributed by atoms with Gasteiger partial charge in [0, 0.05) is 0 Å². The van der Waals surface area contributed by atoms with Crippen LogP contribution in [-0.2, 0) is 0 Å². The van der Waals surface area contributed by atoms with Crippen LogP contribution in [0.3, 0.4) is 0 Å². The summed E-state index contributed by atoms with van der Waals surface area (Å²) in [6, 6.07) is 5.05. The quantitative estimate of drug-likeness (QED) is 0.832. The van der Waals surface area contributed by atoms with Crippen LogP contribution in [0.15, 0.2) is 22.1 Å². The van der Waals surface area contributed by atoms with Gasteiger partial charge >= 0.3 is 0 Å². The molecule has 1 aromatic heterocycles. The van der Waals surface area contributed by atoms with E-state index in [2.05, 4.69) is 26.2 Å². The van der Waals surface area contributed by atoms with Crippen molar-refractivity contribution in [3.05, 3.63) is 42.7 Å². The van der Waals surface area contributed by atoms with Crippen LogP contribution in [0.5, 0.6) is 0 Å². The van der Waals surface area contributed by atoms with Crippen molar-refractivity contribution in [2.75, 3.05) is 5.32 Å². The van der Waals surface area contributed by atoms with E-state index in [9.17, 15) is 4.79 Å². The summed E-state index contributed by atoms with van der Waals surface area (Å²) in [5.41, 5.74) is 1.07. The highest BCUT2D eigenvalue weighted by Crippen LogP contribution is 2.31. The van der Waals surface area contributed by atoms with Crippen molar-refractivity contribution >= 4 is 62.1 Å². The van der Waals surface area contributed by atoms with E-state index in [1.165, 1.54) is 11.3 Å². The third kappa shape index (κ3) is 2.85. The Bertz CT molecular complexity index is 595. The van der Waals surface area contributed by atoms with Gasteiger partial charge in [0.2, 0.25) is 0 Å². The van der Waals surface area contributed by atoms with Crippen molar-refractivity contribution in [1.82, 2.24) is 4.98 Å². The molecule has 0 radical (unpaired) electrons. The highest BCUT2D eigenvalue weighted by molar-refractivity contribution is 9.11. The summed E-state index contributed by atoms with van der Waals surface area (Å²) in [7, 11) is 0. The van der Waals surface area contributed by atoms with Gasteiger partial charge in [-0.1, -0.05) is 29.3 Å². The summed E-state index contributed by atoms with van der Waals surface area (Å²) in [5, 5.41) is 3.50. The number of amides is 1. The zero-order chi connectivity index (χ0) is 13.3. The molecule has 2 aromatic rings. The first-order valence-corrected chi connectivity index (χ1v) is 7.24. The maximum absolute atomic E-state index is 12.1. The fraction of sp³-hybridized carbons (Fsp3) is 0.0909. The maximum atomic E-state index is 12.1. The number of rotatable bonds is 2. The minimum absolute atomic E-state index is 0.272. The molecule has 0 saturated carbocycles. The largest absolute Gasteiger partial charge is 0.319 e. The van der Waals surface area contributed by atoms with Gasteiger partial charge in [0.25, 0.3) is 5.91 Å². The van der Waals surface area contributed by atoms with Gasteiger partial charge in [-0.15, -0.1) is 11.3 Å². The topological polar surface area (TPSA) is 42.0 Å². The van der Waals surface area contributed by atoms with Crippen molar-refractivity contribution in [2.45, 2.75) is 6.92 Å². The molecule has 0 atom stereocenters. The van der Waals surface area contributed by atoms with Crippen molar-refractivity contribution < 1.29 is 4.79 Å². The average Bonchev–Trinajstić information content (AvgIpc) is 2.63. The Morgan fingerprint density at radius 1 is 1.39 bits per heavy atom. The first-order chi connectivity index (χ1) is 8.49. The molecule has 3 nitrogen and oxygen atoms in total. The zero-order valence-electron chi connectivity index (χ0n) is 9.13. The van der Waals surface area contributed by atoms with Gasteiger partial charge in [-0.2, -0.15) is 0 Å². The number of anilines is 1. The summed E-state index contributed by atoms with van der Waals surface area (Å²) in [6.45, 7) is 1.77. The second kappa shape index (κ2) is 5.57. The molecule has 2 rings (SSSR count). The number of aryl methyl sites for hydroxylation is 1. The van der Waals surface area contributed by atoms with Crippen LogP contribution >= 0.6 is 50.5 Å². The molecule has 1 aromatic carbocycles. The number of carbonyl (C=O) groups excluding carboxylic acids is 1. The van der Waals surface area contributed by atoms with Gasteiger partial charge in [0.05, 0.1) is 21.4 Å². The van der Waals surface area contributed by atoms with E-state index < -0.39 is 0 Å². The number of carbonyl (C=O) groups is 1. The summed E-state index contributed by atoms with van der Waals surface area (Å²) in [5.74, 6) is -0.272. The second-order valence-electron chi connectivity index (χ2n) is 3.43. The van der Waals surface area contributed by atoms with Crippen molar-refractivity contribution in [1.29, 1.82) is 0 Å². The smallest absolute Gasteiger partial charge is 0.267 e. The van der Waals surface area contributed by atoms with Crippen LogP contribution in [0.25, 0.3) is 0 Å². The number of nitrogens with one attached hydrogen (secondary N) is 1. The molecule has 1 heterocycles. The molecule has 7 heteroatoms. The van der Waals surface area contributed by atoms with Crippen LogP contribution < -0.4 is 5.32 Å². The summed E-state index contributed by atoms with van der Waals surface area (Å²) >= 11 is 16.5. The first-order valence-electron chi connectivity index (χ1n) is 4.87. The summed E-state index contributed by atoms with van der Waals surface area (Å²) in [6.07, 6.45) is 0. The number of hydrogen-bond donors (Lipinski definition) is 1. The molecule has 0 bridgehead atoms. The third-order valence-corrected chi connectivity index (χ3v) is 4.42. The molecule has 94 valence electrons. The van der Waals surface area contributed by atoms with Crippen LogP contribution in [0.4, 0.5) is 5.69 Å². The lowest BCUT2D eigenvalue weighted by Gasteiger charge is -2.08. The first kappa shape index (κ1) is 13.8. The molecule has 0 aliphatic rings. The highest BCUT2D eigenvalue weighted by atomic mass is 79.9. The fourth-order valence-corrected chi connectivity index (χ4v) is 3.29. The normalized spacial score (nSPS) is 10.4. The number of hydrogen-bond acceptors (Lipinski definition) is 3. The van der Waals surface area contributed by atoms with E-state index in [1.54, 1.807) is 25.1 Å². The molecular formula is C11H7BrCl2N2OS. The maximum Gasteiger partial charge on any atom is 0.267 e. The predicted octanol–water partition coefficient (Wildman–Crippen LogP) is 4.77.